The number of hydrogen-bond donors (Lipinski definition) is 2. The Morgan fingerprint density at radius 2 is 2.53 bits per heavy atom. The standard InChI is InChI=1S/C9H16N6/c1-2-15-8(13-7-14-15)6-12-9-10-4-3-5-11-9/h7H,2-6H2,1H3,(H2,10,11,12). The fraction of sp³-hybridized carbons (Fsp3) is 0.667. The highest BCUT2D eigenvalue weighted by Gasteiger charge is 2.06. The molecule has 2 N–H and O–H groups in total. The van der Waals surface area contributed by atoms with Gasteiger partial charge in [-0.05, 0) is 13.3 Å². The third kappa shape index (κ3) is 2.45. The number of aliphatic imine (C=N–C) groups is 1. The first-order valence-electron chi connectivity index (χ1n) is 5.29. The van der Waals surface area contributed by atoms with Crippen molar-refractivity contribution in [3.63, 3.8) is 0 Å². The van der Waals surface area contributed by atoms with Crippen molar-refractivity contribution in [1.82, 2.24) is 25.4 Å². The molecule has 0 amide bonds. The molecule has 0 saturated carbocycles. The van der Waals surface area contributed by atoms with Crippen molar-refractivity contribution in [3.05, 3.63) is 12.2 Å². The lowest BCUT2D eigenvalue weighted by Crippen LogP contribution is -2.40. The van der Waals surface area contributed by atoms with Gasteiger partial charge in [-0.2, -0.15) is 5.10 Å². The summed E-state index contributed by atoms with van der Waals surface area (Å²) in [4.78, 5) is 8.50. The summed E-state index contributed by atoms with van der Waals surface area (Å²) in [5.74, 6) is 1.81. The Balaban J connectivity index is 1.89. The lowest BCUT2D eigenvalue weighted by Gasteiger charge is -2.15. The van der Waals surface area contributed by atoms with E-state index in [-0.39, 0.29) is 0 Å². The van der Waals surface area contributed by atoms with Gasteiger partial charge in [0.25, 0.3) is 0 Å². The Morgan fingerprint density at radius 3 is 3.27 bits per heavy atom. The predicted molar refractivity (Wildman–Crippen MR) is 57.5 cm³/mol. The number of aryl methyl sites for hydroxylation is 1. The molecule has 2 rings (SSSR count). The minimum absolute atomic E-state index is 0.666. The molecule has 6 nitrogen and oxygen atoms in total. The lowest BCUT2D eigenvalue weighted by atomic mass is 10.4. The minimum atomic E-state index is 0.666. The van der Waals surface area contributed by atoms with Crippen LogP contribution in [0.5, 0.6) is 0 Å². The Bertz CT molecular complexity index is 342. The van der Waals surface area contributed by atoms with Gasteiger partial charge in [0.2, 0.25) is 0 Å². The molecule has 1 aromatic rings. The van der Waals surface area contributed by atoms with Gasteiger partial charge in [-0.25, -0.2) is 9.67 Å². The number of nitrogens with one attached hydrogen (secondary N) is 2. The Morgan fingerprint density at radius 1 is 1.60 bits per heavy atom. The molecule has 0 fully saturated rings. The number of guanidine groups is 1. The summed E-state index contributed by atoms with van der Waals surface area (Å²) in [6, 6.07) is 0. The smallest absolute Gasteiger partial charge is 0.191 e. The summed E-state index contributed by atoms with van der Waals surface area (Å²) in [6.45, 7) is 5.45. The van der Waals surface area contributed by atoms with Crippen molar-refractivity contribution in [2.75, 3.05) is 13.1 Å². The van der Waals surface area contributed by atoms with E-state index >= 15 is 0 Å². The molecule has 0 spiro atoms. The fourth-order valence-electron chi connectivity index (χ4n) is 1.50. The molecular weight excluding hydrogens is 192 g/mol. The van der Waals surface area contributed by atoms with Crippen LogP contribution in [0.2, 0.25) is 0 Å². The highest BCUT2D eigenvalue weighted by Crippen LogP contribution is 1.94. The molecule has 82 valence electrons. The van der Waals surface area contributed by atoms with Crippen LogP contribution in [0.1, 0.15) is 19.2 Å². The van der Waals surface area contributed by atoms with Crippen molar-refractivity contribution in [1.29, 1.82) is 0 Å². The van der Waals surface area contributed by atoms with Crippen LogP contribution in [-0.2, 0) is 13.1 Å². The van der Waals surface area contributed by atoms with E-state index in [2.05, 4.69) is 32.6 Å². The van der Waals surface area contributed by atoms with E-state index in [0.29, 0.717) is 6.54 Å². The van der Waals surface area contributed by atoms with Crippen LogP contribution in [0, 0.1) is 0 Å². The molecule has 0 bridgehead atoms. The number of aromatic nitrogens is 3. The zero-order valence-corrected chi connectivity index (χ0v) is 8.90. The first kappa shape index (κ1) is 9.95. The van der Waals surface area contributed by atoms with Gasteiger partial charge in [0.15, 0.2) is 5.96 Å². The van der Waals surface area contributed by atoms with Gasteiger partial charge in [0.1, 0.15) is 12.2 Å². The van der Waals surface area contributed by atoms with E-state index in [4.69, 9.17) is 0 Å². The maximum absolute atomic E-state index is 4.32. The van der Waals surface area contributed by atoms with Gasteiger partial charge >= 0.3 is 0 Å². The van der Waals surface area contributed by atoms with Gasteiger partial charge in [0, 0.05) is 19.6 Å². The number of nitrogens with zero attached hydrogens (tertiary/aromatic N) is 4. The highest BCUT2D eigenvalue weighted by atomic mass is 15.3. The second-order valence-corrected chi connectivity index (χ2v) is 3.36. The highest BCUT2D eigenvalue weighted by molar-refractivity contribution is 5.80. The molecule has 1 aliphatic heterocycles. The molecule has 0 atom stereocenters. The maximum atomic E-state index is 4.32. The van der Waals surface area contributed by atoms with Crippen LogP contribution in [0.15, 0.2) is 11.3 Å². The third-order valence-electron chi connectivity index (χ3n) is 2.31. The molecule has 1 aliphatic rings. The predicted octanol–water partition coefficient (Wildman–Crippen LogP) is -0.263. The van der Waals surface area contributed by atoms with Crippen LogP contribution in [0.4, 0.5) is 0 Å². The molecule has 1 aromatic heterocycles. The molecule has 0 saturated heterocycles. The Hall–Kier alpha value is -1.59. The first-order valence-corrected chi connectivity index (χ1v) is 5.29. The Kier molecular flexibility index (Phi) is 3.16. The lowest BCUT2D eigenvalue weighted by molar-refractivity contribution is 0.599. The van der Waals surface area contributed by atoms with Crippen molar-refractivity contribution in [2.45, 2.75) is 26.4 Å². The average molecular weight is 208 g/mol. The molecule has 2 heterocycles. The zero-order chi connectivity index (χ0) is 10.5. The van der Waals surface area contributed by atoms with Gasteiger partial charge < -0.3 is 10.6 Å². The van der Waals surface area contributed by atoms with Crippen LogP contribution < -0.4 is 10.6 Å². The quantitative estimate of drug-likeness (QED) is 0.718. The largest absolute Gasteiger partial charge is 0.356 e. The van der Waals surface area contributed by atoms with Crippen LogP contribution in [0.3, 0.4) is 0 Å². The summed E-state index contributed by atoms with van der Waals surface area (Å²) in [5.41, 5.74) is 0. The van der Waals surface area contributed by atoms with Crippen LogP contribution in [-0.4, -0.2) is 33.8 Å². The molecule has 0 radical (unpaired) electrons. The number of rotatable bonds is 3. The van der Waals surface area contributed by atoms with Gasteiger partial charge in [0.05, 0.1) is 6.54 Å². The topological polar surface area (TPSA) is 67.1 Å². The van der Waals surface area contributed by atoms with Gasteiger partial charge in [-0.3, -0.25) is 4.99 Å². The SMILES string of the molecule is CCn1ncnc1CNC1=NCCCN1. The first-order chi connectivity index (χ1) is 7.40. The van der Waals surface area contributed by atoms with Gasteiger partial charge in [-0.1, -0.05) is 0 Å². The van der Waals surface area contributed by atoms with E-state index in [1.807, 2.05) is 4.68 Å². The molecule has 0 aromatic carbocycles. The van der Waals surface area contributed by atoms with Crippen LogP contribution in [0.25, 0.3) is 0 Å². The summed E-state index contributed by atoms with van der Waals surface area (Å²) in [6.07, 6.45) is 2.69. The van der Waals surface area contributed by atoms with E-state index in [1.54, 1.807) is 6.33 Å². The third-order valence-corrected chi connectivity index (χ3v) is 2.31. The van der Waals surface area contributed by atoms with Crippen molar-refractivity contribution in [3.8, 4) is 0 Å². The Labute approximate surface area is 88.8 Å². The van der Waals surface area contributed by atoms with E-state index < -0.39 is 0 Å². The monoisotopic (exact) mass is 208 g/mol. The summed E-state index contributed by atoms with van der Waals surface area (Å²) >= 11 is 0. The van der Waals surface area contributed by atoms with Crippen molar-refractivity contribution >= 4 is 5.96 Å². The second kappa shape index (κ2) is 4.77. The fourth-order valence-corrected chi connectivity index (χ4v) is 1.50. The summed E-state index contributed by atoms with van der Waals surface area (Å²) in [5, 5.41) is 10.5. The van der Waals surface area contributed by atoms with Crippen molar-refractivity contribution in [2.24, 2.45) is 4.99 Å². The van der Waals surface area contributed by atoms with Crippen molar-refractivity contribution < 1.29 is 0 Å². The summed E-state index contributed by atoms with van der Waals surface area (Å²) < 4.78 is 1.87. The second-order valence-electron chi connectivity index (χ2n) is 3.36. The minimum Gasteiger partial charge on any atom is -0.356 e. The van der Waals surface area contributed by atoms with E-state index in [1.165, 1.54) is 0 Å². The van der Waals surface area contributed by atoms with E-state index in [9.17, 15) is 0 Å². The molecule has 0 unspecified atom stereocenters. The van der Waals surface area contributed by atoms with Crippen LogP contribution >= 0.6 is 0 Å². The average Bonchev–Trinajstić information content (AvgIpc) is 2.75. The zero-order valence-electron chi connectivity index (χ0n) is 8.90. The van der Waals surface area contributed by atoms with E-state index in [0.717, 1.165) is 37.8 Å². The molecular formula is C9H16N6. The molecule has 15 heavy (non-hydrogen) atoms. The molecule has 6 heteroatoms. The normalized spacial score (nSPS) is 15.7. The van der Waals surface area contributed by atoms with Gasteiger partial charge in [-0.15, -0.1) is 0 Å². The maximum Gasteiger partial charge on any atom is 0.191 e. The molecule has 0 aliphatic carbocycles. The number of hydrogen-bond acceptors (Lipinski definition) is 5. The summed E-state index contributed by atoms with van der Waals surface area (Å²) in [7, 11) is 0.